The zero-order chi connectivity index (χ0) is 26.8. The number of aliphatic hydroxyl groups is 1. The van der Waals surface area contributed by atoms with Crippen molar-refractivity contribution in [2.45, 2.75) is 57.3 Å². The standard InChI is InChI=1S/C27H32F3N5O3/c1-16-20(27(28,29)30)3-2-4-21(16)32-9-11-33(12-10-32)23(37)15-35-22-14-17-13-19(17)24(22)25(31-35)26(38)34-7-5-18(36)6-8-34/h2-4,17-19,36H,5-15H2,1H3/t17-,19-/m1/s1. The van der Waals surface area contributed by atoms with E-state index in [2.05, 4.69) is 5.10 Å². The number of piperidine rings is 1. The summed E-state index contributed by atoms with van der Waals surface area (Å²) >= 11 is 0. The molecule has 204 valence electrons. The molecular formula is C27H32F3N5O3. The van der Waals surface area contributed by atoms with E-state index in [1.807, 2.05) is 4.90 Å². The highest BCUT2D eigenvalue weighted by molar-refractivity contribution is 5.95. The number of carbonyl (C=O) groups excluding carboxylic acids is 2. The summed E-state index contributed by atoms with van der Waals surface area (Å²) in [6.45, 7) is 4.25. The Kier molecular flexibility index (Phi) is 6.16. The number of benzene rings is 1. The molecule has 0 unspecified atom stereocenters. The van der Waals surface area contributed by atoms with Crippen molar-refractivity contribution >= 4 is 17.5 Å². The van der Waals surface area contributed by atoms with Crippen LogP contribution in [0.4, 0.5) is 18.9 Å². The lowest BCUT2D eigenvalue weighted by atomic mass is 10.0. The van der Waals surface area contributed by atoms with Crippen molar-refractivity contribution in [3.05, 3.63) is 46.3 Å². The van der Waals surface area contributed by atoms with Crippen molar-refractivity contribution in [1.82, 2.24) is 19.6 Å². The fourth-order valence-corrected chi connectivity index (χ4v) is 6.40. The van der Waals surface area contributed by atoms with Crippen LogP contribution < -0.4 is 4.90 Å². The van der Waals surface area contributed by atoms with Crippen LogP contribution in [0.2, 0.25) is 0 Å². The van der Waals surface area contributed by atoms with E-state index in [0.717, 1.165) is 30.2 Å². The predicted molar refractivity (Wildman–Crippen MR) is 133 cm³/mol. The number of hydrogen-bond acceptors (Lipinski definition) is 5. The van der Waals surface area contributed by atoms with Gasteiger partial charge in [0.15, 0.2) is 5.69 Å². The van der Waals surface area contributed by atoms with Crippen LogP contribution in [0.15, 0.2) is 18.2 Å². The average Bonchev–Trinajstić information content (AvgIpc) is 3.42. The molecule has 0 spiro atoms. The lowest BCUT2D eigenvalue weighted by Gasteiger charge is -2.37. The molecule has 6 rings (SSSR count). The van der Waals surface area contributed by atoms with Crippen molar-refractivity contribution in [2.75, 3.05) is 44.2 Å². The van der Waals surface area contributed by atoms with Gasteiger partial charge in [-0.2, -0.15) is 18.3 Å². The van der Waals surface area contributed by atoms with Gasteiger partial charge in [0.05, 0.1) is 11.7 Å². The van der Waals surface area contributed by atoms with Crippen LogP contribution in [0.5, 0.6) is 0 Å². The molecule has 0 bridgehead atoms. The highest BCUT2D eigenvalue weighted by atomic mass is 19.4. The number of nitrogens with zero attached hydrogens (tertiary/aromatic N) is 5. The van der Waals surface area contributed by atoms with Crippen LogP contribution in [-0.4, -0.2) is 81.9 Å². The van der Waals surface area contributed by atoms with Crippen molar-refractivity contribution in [2.24, 2.45) is 5.92 Å². The molecule has 1 aromatic carbocycles. The predicted octanol–water partition coefficient (Wildman–Crippen LogP) is 2.82. The Morgan fingerprint density at radius 3 is 2.45 bits per heavy atom. The van der Waals surface area contributed by atoms with Gasteiger partial charge in [-0.1, -0.05) is 6.07 Å². The third-order valence-electron chi connectivity index (χ3n) is 8.67. The maximum atomic E-state index is 13.4. The third kappa shape index (κ3) is 4.44. The minimum absolute atomic E-state index is 0.0519. The van der Waals surface area contributed by atoms with Crippen LogP contribution in [0, 0.1) is 12.8 Å². The monoisotopic (exact) mass is 531 g/mol. The first-order chi connectivity index (χ1) is 18.1. The topological polar surface area (TPSA) is 81.9 Å². The number of piperazine rings is 1. The summed E-state index contributed by atoms with van der Waals surface area (Å²) in [6, 6.07) is 4.22. The zero-order valence-electron chi connectivity index (χ0n) is 21.4. The Labute approximate surface area is 219 Å². The van der Waals surface area contributed by atoms with Crippen LogP contribution >= 0.6 is 0 Å². The van der Waals surface area contributed by atoms with Gasteiger partial charge in [0, 0.05) is 56.2 Å². The number of alkyl halides is 3. The van der Waals surface area contributed by atoms with E-state index in [1.165, 1.54) is 13.0 Å². The summed E-state index contributed by atoms with van der Waals surface area (Å²) in [5, 5.41) is 14.4. The number of halogens is 3. The number of hydrogen-bond donors (Lipinski definition) is 1. The molecule has 1 N–H and O–H groups in total. The molecule has 2 amide bonds. The number of carbonyl (C=O) groups is 2. The summed E-state index contributed by atoms with van der Waals surface area (Å²) < 4.78 is 41.8. The second kappa shape index (κ2) is 9.29. The number of anilines is 1. The van der Waals surface area contributed by atoms with Gasteiger partial charge in [-0.3, -0.25) is 14.3 Å². The van der Waals surface area contributed by atoms with Gasteiger partial charge in [-0.15, -0.1) is 0 Å². The molecule has 2 aliphatic carbocycles. The van der Waals surface area contributed by atoms with Crippen LogP contribution in [0.25, 0.3) is 0 Å². The quantitative estimate of drug-likeness (QED) is 0.657. The second-order valence-corrected chi connectivity index (χ2v) is 11.0. The number of aromatic nitrogens is 2. The first-order valence-corrected chi connectivity index (χ1v) is 13.4. The Bertz CT molecular complexity index is 1260. The highest BCUT2D eigenvalue weighted by Gasteiger charge is 2.50. The highest BCUT2D eigenvalue weighted by Crippen LogP contribution is 2.57. The molecule has 1 saturated carbocycles. The molecule has 2 aliphatic heterocycles. The molecule has 4 aliphatic rings. The van der Waals surface area contributed by atoms with Crippen LogP contribution in [0.3, 0.4) is 0 Å². The molecule has 2 saturated heterocycles. The Hall–Kier alpha value is -3.08. The van der Waals surface area contributed by atoms with Crippen molar-refractivity contribution in [3.8, 4) is 0 Å². The van der Waals surface area contributed by atoms with Crippen LogP contribution in [-0.2, 0) is 23.9 Å². The molecule has 2 aromatic rings. The molecule has 3 heterocycles. The number of likely N-dealkylation sites (tertiary alicyclic amines) is 1. The van der Waals surface area contributed by atoms with E-state index in [-0.39, 0.29) is 30.0 Å². The first-order valence-electron chi connectivity index (χ1n) is 13.4. The Morgan fingerprint density at radius 1 is 1.05 bits per heavy atom. The molecule has 2 atom stereocenters. The van der Waals surface area contributed by atoms with E-state index >= 15 is 0 Å². The normalized spacial score (nSPS) is 23.4. The maximum absolute atomic E-state index is 13.4. The minimum Gasteiger partial charge on any atom is -0.393 e. The fraction of sp³-hybridized carbons (Fsp3) is 0.593. The van der Waals surface area contributed by atoms with Gasteiger partial charge in [-0.05, 0) is 62.1 Å². The Balaban J connectivity index is 1.13. The van der Waals surface area contributed by atoms with E-state index in [1.54, 1.807) is 20.5 Å². The molecule has 3 fully saturated rings. The van der Waals surface area contributed by atoms with Gasteiger partial charge in [0.2, 0.25) is 5.91 Å². The molecule has 1 aromatic heterocycles. The maximum Gasteiger partial charge on any atom is 0.416 e. The molecule has 38 heavy (non-hydrogen) atoms. The summed E-state index contributed by atoms with van der Waals surface area (Å²) in [5.41, 5.74) is 2.56. The number of amides is 2. The lowest BCUT2D eigenvalue weighted by Crippen LogP contribution is -2.50. The van der Waals surface area contributed by atoms with Gasteiger partial charge < -0.3 is 19.8 Å². The fourth-order valence-electron chi connectivity index (χ4n) is 6.40. The number of rotatable bonds is 4. The molecule has 11 heteroatoms. The lowest BCUT2D eigenvalue weighted by molar-refractivity contribution is -0.138. The van der Waals surface area contributed by atoms with Crippen molar-refractivity contribution in [3.63, 3.8) is 0 Å². The largest absolute Gasteiger partial charge is 0.416 e. The van der Waals surface area contributed by atoms with Gasteiger partial charge >= 0.3 is 6.18 Å². The summed E-state index contributed by atoms with van der Waals surface area (Å²) in [6.07, 6.45) is -1.77. The van der Waals surface area contributed by atoms with Crippen molar-refractivity contribution in [1.29, 1.82) is 0 Å². The van der Waals surface area contributed by atoms with E-state index in [0.29, 0.717) is 75.3 Å². The molecule has 8 nitrogen and oxygen atoms in total. The summed E-state index contributed by atoms with van der Waals surface area (Å²) in [4.78, 5) is 32.0. The minimum atomic E-state index is -4.40. The Morgan fingerprint density at radius 2 is 1.76 bits per heavy atom. The zero-order valence-corrected chi connectivity index (χ0v) is 21.4. The molecule has 0 radical (unpaired) electrons. The van der Waals surface area contributed by atoms with Gasteiger partial charge in [-0.25, -0.2) is 0 Å². The van der Waals surface area contributed by atoms with E-state index in [4.69, 9.17) is 0 Å². The van der Waals surface area contributed by atoms with Crippen molar-refractivity contribution < 1.29 is 27.9 Å². The van der Waals surface area contributed by atoms with Gasteiger partial charge in [0.25, 0.3) is 5.91 Å². The second-order valence-electron chi connectivity index (χ2n) is 11.0. The number of aliphatic hydroxyl groups excluding tert-OH is 1. The van der Waals surface area contributed by atoms with Gasteiger partial charge in [0.1, 0.15) is 6.54 Å². The SMILES string of the molecule is Cc1c(N2CCN(C(=O)Cn3nc(C(=O)N4CCC(O)CC4)c4c3C[C@H]3C[C@@H]43)CC2)cccc1C(F)(F)F. The summed E-state index contributed by atoms with van der Waals surface area (Å²) in [5.74, 6) is 0.661. The smallest absolute Gasteiger partial charge is 0.393 e. The van der Waals surface area contributed by atoms with E-state index < -0.39 is 11.7 Å². The third-order valence-corrected chi connectivity index (χ3v) is 8.67. The summed E-state index contributed by atoms with van der Waals surface area (Å²) in [7, 11) is 0. The van der Waals surface area contributed by atoms with Crippen LogP contribution in [0.1, 0.15) is 58.1 Å². The first kappa shape index (κ1) is 25.2. The average molecular weight is 532 g/mol. The van der Waals surface area contributed by atoms with E-state index in [9.17, 15) is 27.9 Å². The molecular weight excluding hydrogens is 499 g/mol. The number of fused-ring (bicyclic) bond motifs is 3.